The fourth-order valence-corrected chi connectivity index (χ4v) is 3.22. The average molecular weight is 350 g/mol. The third-order valence-corrected chi connectivity index (χ3v) is 4.54. The minimum atomic E-state index is -0.201. The molecule has 0 radical (unpaired) electrons. The van der Waals surface area contributed by atoms with E-state index in [1.807, 2.05) is 30.3 Å². The second kappa shape index (κ2) is 8.80. The minimum Gasteiger partial charge on any atom is -0.346 e. The highest BCUT2D eigenvalue weighted by molar-refractivity contribution is 5.92. The van der Waals surface area contributed by atoms with Crippen molar-refractivity contribution in [1.29, 1.82) is 0 Å². The summed E-state index contributed by atoms with van der Waals surface area (Å²) in [6.07, 6.45) is 7.66. The Balaban J connectivity index is 0.00000208. The molecule has 1 aliphatic carbocycles. The second-order valence-corrected chi connectivity index (χ2v) is 6.10. The zero-order valence-corrected chi connectivity index (χ0v) is 14.4. The van der Waals surface area contributed by atoms with Crippen LogP contribution in [-0.2, 0) is 0 Å². The molecule has 1 saturated carbocycles. The highest BCUT2D eigenvalue weighted by atomic mass is 35.5. The molecule has 24 heavy (non-hydrogen) atoms. The van der Waals surface area contributed by atoms with Crippen LogP contribution in [0.3, 0.4) is 0 Å². The van der Waals surface area contributed by atoms with Gasteiger partial charge in [0.1, 0.15) is 0 Å². The van der Waals surface area contributed by atoms with Crippen molar-refractivity contribution in [3.63, 3.8) is 0 Å². The monoisotopic (exact) mass is 349 g/mol. The first kappa shape index (κ1) is 18.4. The standard InChI is InChI=1S/C17H23N5O.ClH/c18-11-15(13-7-3-1-4-8-13)19-17(23)16-12-22(21-20-16)14-9-5-2-6-10-14;/h2,5-6,9-10,12-13,15H,1,3-4,7-8,11,18H2,(H,19,23);1H. The normalized spacial score (nSPS) is 16.2. The molecule has 1 fully saturated rings. The van der Waals surface area contributed by atoms with Crippen molar-refractivity contribution in [2.45, 2.75) is 38.1 Å². The van der Waals surface area contributed by atoms with Gasteiger partial charge < -0.3 is 11.1 Å². The number of rotatable bonds is 5. The summed E-state index contributed by atoms with van der Waals surface area (Å²) in [6.45, 7) is 0.462. The lowest BCUT2D eigenvalue weighted by atomic mass is 9.84. The van der Waals surface area contributed by atoms with Crippen molar-refractivity contribution in [1.82, 2.24) is 20.3 Å². The minimum absolute atomic E-state index is 0. The molecule has 1 aromatic heterocycles. The van der Waals surface area contributed by atoms with Crippen molar-refractivity contribution in [2.75, 3.05) is 6.54 Å². The summed E-state index contributed by atoms with van der Waals surface area (Å²) in [5.41, 5.74) is 7.07. The van der Waals surface area contributed by atoms with E-state index in [2.05, 4.69) is 15.6 Å². The van der Waals surface area contributed by atoms with Crippen LogP contribution in [-0.4, -0.2) is 33.5 Å². The summed E-state index contributed by atoms with van der Waals surface area (Å²) >= 11 is 0. The number of carbonyl (C=O) groups excluding carboxylic acids is 1. The smallest absolute Gasteiger partial charge is 0.273 e. The van der Waals surface area contributed by atoms with E-state index in [9.17, 15) is 4.79 Å². The Morgan fingerprint density at radius 1 is 1.25 bits per heavy atom. The van der Waals surface area contributed by atoms with Gasteiger partial charge in [-0.05, 0) is 30.9 Å². The van der Waals surface area contributed by atoms with Crippen LogP contribution < -0.4 is 11.1 Å². The van der Waals surface area contributed by atoms with Crippen molar-refractivity contribution in [3.05, 3.63) is 42.2 Å². The van der Waals surface area contributed by atoms with Gasteiger partial charge in [0.2, 0.25) is 0 Å². The van der Waals surface area contributed by atoms with Crippen LogP contribution in [0.1, 0.15) is 42.6 Å². The quantitative estimate of drug-likeness (QED) is 0.867. The highest BCUT2D eigenvalue weighted by Gasteiger charge is 2.25. The van der Waals surface area contributed by atoms with Gasteiger partial charge in [0.15, 0.2) is 5.69 Å². The summed E-state index contributed by atoms with van der Waals surface area (Å²) in [5.74, 6) is 0.273. The van der Waals surface area contributed by atoms with Gasteiger partial charge >= 0.3 is 0 Å². The molecule has 0 bridgehead atoms. The summed E-state index contributed by atoms with van der Waals surface area (Å²) in [6, 6.07) is 9.63. The van der Waals surface area contributed by atoms with E-state index in [1.54, 1.807) is 10.9 Å². The van der Waals surface area contributed by atoms with E-state index in [0.717, 1.165) is 18.5 Å². The Hall–Kier alpha value is -1.92. The lowest BCUT2D eigenvalue weighted by Crippen LogP contribution is -2.46. The second-order valence-electron chi connectivity index (χ2n) is 6.10. The third kappa shape index (κ3) is 4.33. The number of hydrogen-bond donors (Lipinski definition) is 2. The van der Waals surface area contributed by atoms with Crippen LogP contribution in [0.2, 0.25) is 0 Å². The van der Waals surface area contributed by atoms with Gasteiger partial charge in [-0.2, -0.15) is 0 Å². The Kier molecular flexibility index (Phi) is 6.75. The van der Waals surface area contributed by atoms with Gasteiger partial charge in [-0.15, -0.1) is 17.5 Å². The number of amides is 1. The maximum Gasteiger partial charge on any atom is 0.273 e. The van der Waals surface area contributed by atoms with Crippen LogP contribution >= 0.6 is 12.4 Å². The van der Waals surface area contributed by atoms with Crippen molar-refractivity contribution in [2.24, 2.45) is 11.7 Å². The van der Waals surface area contributed by atoms with Crippen LogP contribution in [0.4, 0.5) is 0 Å². The molecule has 1 unspecified atom stereocenters. The molecule has 7 heteroatoms. The zero-order chi connectivity index (χ0) is 16.1. The molecule has 1 aromatic carbocycles. The number of nitrogens with one attached hydrogen (secondary N) is 1. The molecule has 6 nitrogen and oxygen atoms in total. The van der Waals surface area contributed by atoms with Gasteiger partial charge in [-0.25, -0.2) is 4.68 Å². The van der Waals surface area contributed by atoms with Gasteiger partial charge in [-0.3, -0.25) is 4.79 Å². The van der Waals surface area contributed by atoms with E-state index in [1.165, 1.54) is 19.3 Å². The van der Waals surface area contributed by atoms with Crippen molar-refractivity contribution >= 4 is 18.3 Å². The molecule has 3 N–H and O–H groups in total. The van der Waals surface area contributed by atoms with Crippen molar-refractivity contribution in [3.8, 4) is 5.69 Å². The number of para-hydroxylation sites is 1. The van der Waals surface area contributed by atoms with Gasteiger partial charge in [0.25, 0.3) is 5.91 Å². The largest absolute Gasteiger partial charge is 0.346 e. The van der Waals surface area contributed by atoms with Gasteiger partial charge in [0.05, 0.1) is 11.9 Å². The van der Waals surface area contributed by atoms with E-state index in [0.29, 0.717) is 18.2 Å². The summed E-state index contributed by atoms with van der Waals surface area (Å²) in [5, 5.41) is 11.1. The first-order valence-electron chi connectivity index (χ1n) is 8.26. The van der Waals surface area contributed by atoms with Crippen LogP contribution in [0.25, 0.3) is 5.69 Å². The fourth-order valence-electron chi connectivity index (χ4n) is 3.22. The lowest BCUT2D eigenvalue weighted by Gasteiger charge is -2.29. The van der Waals surface area contributed by atoms with E-state index >= 15 is 0 Å². The summed E-state index contributed by atoms with van der Waals surface area (Å²) in [7, 11) is 0. The molecule has 0 saturated heterocycles. The maximum absolute atomic E-state index is 12.4. The number of halogens is 1. The van der Waals surface area contributed by atoms with E-state index < -0.39 is 0 Å². The SMILES string of the molecule is Cl.NCC(NC(=O)c1cn(-c2ccccc2)nn1)C1CCCCC1. The molecule has 1 aliphatic rings. The highest BCUT2D eigenvalue weighted by Crippen LogP contribution is 2.26. The van der Waals surface area contributed by atoms with Crippen LogP contribution in [0.15, 0.2) is 36.5 Å². The number of nitrogens with two attached hydrogens (primary N) is 1. The molecule has 130 valence electrons. The van der Waals surface area contributed by atoms with E-state index in [4.69, 9.17) is 5.73 Å². The van der Waals surface area contributed by atoms with Gasteiger partial charge in [-0.1, -0.05) is 42.7 Å². The number of carbonyl (C=O) groups is 1. The predicted molar refractivity (Wildman–Crippen MR) is 95.5 cm³/mol. The Bertz CT molecular complexity index is 639. The van der Waals surface area contributed by atoms with Crippen molar-refractivity contribution < 1.29 is 4.79 Å². The average Bonchev–Trinajstić information content (AvgIpc) is 3.11. The Morgan fingerprint density at radius 2 is 1.96 bits per heavy atom. The molecule has 0 aliphatic heterocycles. The molecule has 1 amide bonds. The Labute approximate surface area is 148 Å². The van der Waals surface area contributed by atoms with Crippen LogP contribution in [0, 0.1) is 5.92 Å². The van der Waals surface area contributed by atoms with E-state index in [-0.39, 0.29) is 24.4 Å². The fraction of sp³-hybridized carbons (Fsp3) is 0.471. The molecule has 1 atom stereocenters. The topological polar surface area (TPSA) is 85.8 Å². The molecular weight excluding hydrogens is 326 g/mol. The first-order chi connectivity index (χ1) is 11.3. The summed E-state index contributed by atoms with van der Waals surface area (Å²) in [4.78, 5) is 12.4. The third-order valence-electron chi connectivity index (χ3n) is 4.54. The number of benzene rings is 1. The molecule has 2 aromatic rings. The number of nitrogens with zero attached hydrogens (tertiary/aromatic N) is 3. The molecule has 1 heterocycles. The summed E-state index contributed by atoms with van der Waals surface area (Å²) < 4.78 is 1.60. The molecule has 3 rings (SSSR count). The zero-order valence-electron chi connectivity index (χ0n) is 13.6. The predicted octanol–water partition coefficient (Wildman–Crippen LogP) is 2.33. The molecule has 0 spiro atoms. The first-order valence-corrected chi connectivity index (χ1v) is 8.26. The lowest BCUT2D eigenvalue weighted by molar-refractivity contribution is 0.0910. The molecular formula is C17H24ClN5O. The van der Waals surface area contributed by atoms with Gasteiger partial charge in [0, 0.05) is 12.6 Å². The maximum atomic E-state index is 12.4. The van der Waals surface area contributed by atoms with Crippen LogP contribution in [0.5, 0.6) is 0 Å². The number of aromatic nitrogens is 3. The number of hydrogen-bond acceptors (Lipinski definition) is 4. The Morgan fingerprint density at radius 3 is 2.62 bits per heavy atom.